The van der Waals surface area contributed by atoms with Gasteiger partial charge in [0.2, 0.25) is 0 Å². The van der Waals surface area contributed by atoms with Gasteiger partial charge in [0.1, 0.15) is 5.82 Å². The molecule has 0 radical (unpaired) electrons. The topological polar surface area (TPSA) is 38.5 Å². The maximum atomic E-state index is 12.9. The smallest absolute Gasteiger partial charge is 0.125 e. The lowest BCUT2D eigenvalue weighted by Gasteiger charge is -2.21. The number of rotatable bonds is 6. The summed E-state index contributed by atoms with van der Waals surface area (Å²) < 4.78 is 18.4. The van der Waals surface area contributed by atoms with E-state index in [4.69, 9.17) is 10.5 Å². The number of likely N-dealkylation sites (N-methyl/N-ethyl adjacent to an activating group) is 1. The SMILES string of the molecule is CN(CCOCC1CC1)c1ccc(F)cc1N. The number of nitrogens with two attached hydrogens (primary N) is 1. The predicted molar refractivity (Wildman–Crippen MR) is 67.6 cm³/mol. The number of ether oxygens (including phenoxy) is 1. The maximum Gasteiger partial charge on any atom is 0.125 e. The minimum atomic E-state index is -0.301. The lowest BCUT2D eigenvalue weighted by atomic mass is 10.2. The van der Waals surface area contributed by atoms with Crippen molar-refractivity contribution in [3.63, 3.8) is 0 Å². The summed E-state index contributed by atoms with van der Waals surface area (Å²) >= 11 is 0. The van der Waals surface area contributed by atoms with Crippen LogP contribution in [0.5, 0.6) is 0 Å². The fraction of sp³-hybridized carbons (Fsp3) is 0.538. The average Bonchev–Trinajstić information content (AvgIpc) is 3.08. The number of nitrogen functional groups attached to an aromatic ring is 1. The van der Waals surface area contributed by atoms with Gasteiger partial charge in [0, 0.05) is 20.2 Å². The Hall–Kier alpha value is -1.29. The zero-order valence-electron chi connectivity index (χ0n) is 10.2. The Bertz CT molecular complexity index is 380. The van der Waals surface area contributed by atoms with Crippen LogP contribution in [0.15, 0.2) is 18.2 Å². The largest absolute Gasteiger partial charge is 0.397 e. The lowest BCUT2D eigenvalue weighted by molar-refractivity contribution is 0.131. The highest BCUT2D eigenvalue weighted by Gasteiger charge is 2.21. The zero-order valence-corrected chi connectivity index (χ0v) is 10.2. The Labute approximate surface area is 101 Å². The van der Waals surface area contributed by atoms with Gasteiger partial charge < -0.3 is 15.4 Å². The van der Waals surface area contributed by atoms with Crippen LogP contribution in [0.2, 0.25) is 0 Å². The van der Waals surface area contributed by atoms with Crippen LogP contribution in [0.25, 0.3) is 0 Å². The number of hydrogen-bond acceptors (Lipinski definition) is 3. The van der Waals surface area contributed by atoms with Crippen molar-refractivity contribution < 1.29 is 9.13 Å². The summed E-state index contributed by atoms with van der Waals surface area (Å²) in [4.78, 5) is 1.99. The van der Waals surface area contributed by atoms with Gasteiger partial charge in [-0.1, -0.05) is 0 Å². The monoisotopic (exact) mass is 238 g/mol. The molecule has 0 aliphatic heterocycles. The first-order valence-electron chi connectivity index (χ1n) is 6.00. The molecule has 0 atom stereocenters. The third kappa shape index (κ3) is 3.60. The molecule has 17 heavy (non-hydrogen) atoms. The molecule has 2 N–H and O–H groups in total. The Kier molecular flexibility index (Phi) is 3.84. The molecule has 1 aromatic rings. The molecule has 1 aliphatic rings. The predicted octanol–water partition coefficient (Wildman–Crippen LogP) is 2.27. The van der Waals surface area contributed by atoms with Crippen molar-refractivity contribution in [1.82, 2.24) is 0 Å². The average molecular weight is 238 g/mol. The molecule has 1 fully saturated rings. The Morgan fingerprint density at radius 1 is 1.47 bits per heavy atom. The summed E-state index contributed by atoms with van der Waals surface area (Å²) in [6.45, 7) is 2.32. The molecule has 1 aromatic carbocycles. The minimum absolute atomic E-state index is 0.301. The van der Waals surface area contributed by atoms with Crippen LogP contribution in [0, 0.1) is 11.7 Å². The number of benzene rings is 1. The van der Waals surface area contributed by atoms with E-state index in [9.17, 15) is 4.39 Å². The van der Waals surface area contributed by atoms with Crippen molar-refractivity contribution in [2.45, 2.75) is 12.8 Å². The molecule has 1 aliphatic carbocycles. The van der Waals surface area contributed by atoms with Crippen molar-refractivity contribution in [2.75, 3.05) is 37.4 Å². The standard InChI is InChI=1S/C13H19FN2O/c1-16(6-7-17-9-10-2-3-10)13-5-4-11(14)8-12(13)15/h4-5,8,10H,2-3,6-7,9,15H2,1H3. The third-order valence-corrected chi connectivity index (χ3v) is 3.02. The quantitative estimate of drug-likeness (QED) is 0.610. The molecule has 0 bridgehead atoms. The molecule has 0 heterocycles. The molecular weight excluding hydrogens is 219 g/mol. The summed E-state index contributed by atoms with van der Waals surface area (Å²) in [5.41, 5.74) is 7.08. The van der Waals surface area contributed by atoms with E-state index in [-0.39, 0.29) is 5.82 Å². The van der Waals surface area contributed by atoms with E-state index in [1.54, 1.807) is 6.07 Å². The highest BCUT2D eigenvalue weighted by atomic mass is 19.1. The zero-order chi connectivity index (χ0) is 12.3. The summed E-state index contributed by atoms with van der Waals surface area (Å²) in [6.07, 6.45) is 2.61. The van der Waals surface area contributed by atoms with Gasteiger partial charge in [-0.15, -0.1) is 0 Å². The van der Waals surface area contributed by atoms with Crippen LogP contribution in [0.1, 0.15) is 12.8 Å². The van der Waals surface area contributed by atoms with E-state index in [0.29, 0.717) is 12.3 Å². The first-order chi connectivity index (χ1) is 8.16. The van der Waals surface area contributed by atoms with Crippen molar-refractivity contribution in [3.8, 4) is 0 Å². The van der Waals surface area contributed by atoms with Gasteiger partial charge in [0.25, 0.3) is 0 Å². The molecule has 94 valence electrons. The second-order valence-corrected chi connectivity index (χ2v) is 4.64. The second-order valence-electron chi connectivity index (χ2n) is 4.64. The molecule has 0 saturated heterocycles. The van der Waals surface area contributed by atoms with Crippen LogP contribution in [-0.2, 0) is 4.74 Å². The van der Waals surface area contributed by atoms with Crippen LogP contribution < -0.4 is 10.6 Å². The van der Waals surface area contributed by atoms with Gasteiger partial charge in [-0.2, -0.15) is 0 Å². The van der Waals surface area contributed by atoms with E-state index < -0.39 is 0 Å². The highest BCUT2D eigenvalue weighted by molar-refractivity contribution is 5.67. The molecular formula is C13H19FN2O. The molecule has 3 nitrogen and oxygen atoms in total. The van der Waals surface area contributed by atoms with E-state index in [1.165, 1.54) is 25.0 Å². The van der Waals surface area contributed by atoms with Crippen molar-refractivity contribution in [2.24, 2.45) is 5.92 Å². The fourth-order valence-corrected chi connectivity index (χ4v) is 1.73. The van der Waals surface area contributed by atoms with Crippen molar-refractivity contribution >= 4 is 11.4 Å². The molecule has 0 aromatic heterocycles. The van der Waals surface area contributed by atoms with Gasteiger partial charge in [-0.05, 0) is 37.0 Å². The van der Waals surface area contributed by atoms with Crippen LogP contribution >= 0.6 is 0 Å². The number of nitrogens with zero attached hydrogens (tertiary/aromatic N) is 1. The van der Waals surface area contributed by atoms with Gasteiger partial charge in [-0.3, -0.25) is 0 Å². The number of halogens is 1. The van der Waals surface area contributed by atoms with Crippen molar-refractivity contribution in [3.05, 3.63) is 24.0 Å². The number of anilines is 2. The molecule has 0 spiro atoms. The van der Waals surface area contributed by atoms with Gasteiger partial charge in [-0.25, -0.2) is 4.39 Å². The normalized spacial score (nSPS) is 14.9. The molecule has 4 heteroatoms. The Morgan fingerprint density at radius 2 is 2.24 bits per heavy atom. The first kappa shape index (κ1) is 12.2. The first-order valence-corrected chi connectivity index (χ1v) is 6.00. The summed E-state index contributed by atoms with van der Waals surface area (Å²) in [6, 6.07) is 4.47. The lowest BCUT2D eigenvalue weighted by Crippen LogP contribution is -2.23. The fourth-order valence-electron chi connectivity index (χ4n) is 1.73. The van der Waals surface area contributed by atoms with Crippen molar-refractivity contribution in [1.29, 1.82) is 0 Å². The summed E-state index contributed by atoms with van der Waals surface area (Å²) in [5.74, 6) is 0.487. The molecule has 1 saturated carbocycles. The van der Waals surface area contributed by atoms with E-state index in [1.807, 2.05) is 11.9 Å². The van der Waals surface area contributed by atoms with E-state index in [0.717, 1.165) is 24.8 Å². The van der Waals surface area contributed by atoms with Gasteiger partial charge in [0.15, 0.2) is 0 Å². The molecule has 2 rings (SSSR count). The summed E-state index contributed by atoms with van der Waals surface area (Å²) in [5, 5.41) is 0. The maximum absolute atomic E-state index is 12.9. The Morgan fingerprint density at radius 3 is 2.88 bits per heavy atom. The van der Waals surface area contributed by atoms with Crippen LogP contribution in [-0.4, -0.2) is 26.8 Å². The Balaban J connectivity index is 1.78. The number of hydrogen-bond donors (Lipinski definition) is 1. The van der Waals surface area contributed by atoms with Crippen LogP contribution in [0.3, 0.4) is 0 Å². The van der Waals surface area contributed by atoms with Gasteiger partial charge in [0.05, 0.1) is 18.0 Å². The highest BCUT2D eigenvalue weighted by Crippen LogP contribution is 2.28. The molecule has 0 unspecified atom stereocenters. The molecule has 0 amide bonds. The second kappa shape index (κ2) is 5.36. The summed E-state index contributed by atoms with van der Waals surface area (Å²) in [7, 11) is 1.93. The van der Waals surface area contributed by atoms with Gasteiger partial charge >= 0.3 is 0 Å². The van der Waals surface area contributed by atoms with E-state index in [2.05, 4.69) is 0 Å². The van der Waals surface area contributed by atoms with E-state index >= 15 is 0 Å². The van der Waals surface area contributed by atoms with Crippen LogP contribution in [0.4, 0.5) is 15.8 Å². The third-order valence-electron chi connectivity index (χ3n) is 3.02. The minimum Gasteiger partial charge on any atom is -0.397 e.